The molecule has 0 aliphatic rings. The third-order valence-electron chi connectivity index (χ3n) is 2.32. The molecule has 0 atom stereocenters. The number of aryl methyl sites for hydroxylation is 1. The first kappa shape index (κ1) is 13.2. The summed E-state index contributed by atoms with van der Waals surface area (Å²) >= 11 is 0. The minimum Gasteiger partial charge on any atom is -0.215 e. The van der Waals surface area contributed by atoms with Crippen LogP contribution in [0.4, 0.5) is 0 Å². The first-order chi connectivity index (χ1) is 7.41. The molecular formula is C12H19NO2S. The molecule has 0 heterocycles. The van der Waals surface area contributed by atoms with Crippen LogP contribution in [-0.2, 0) is 15.8 Å². The predicted octanol–water partition coefficient (Wildman–Crippen LogP) is 2.07. The molecule has 90 valence electrons. The van der Waals surface area contributed by atoms with Crippen molar-refractivity contribution in [2.24, 2.45) is 5.92 Å². The van der Waals surface area contributed by atoms with Gasteiger partial charge in [-0.25, -0.2) is 13.1 Å². The fraction of sp³-hybridized carbons (Fsp3) is 0.500. The lowest BCUT2D eigenvalue weighted by Gasteiger charge is -2.10. The highest BCUT2D eigenvalue weighted by Gasteiger charge is 2.12. The smallest absolute Gasteiger partial charge is 0.215 e. The van der Waals surface area contributed by atoms with Gasteiger partial charge in [0.2, 0.25) is 10.0 Å². The van der Waals surface area contributed by atoms with E-state index in [-0.39, 0.29) is 5.75 Å². The van der Waals surface area contributed by atoms with Crippen molar-refractivity contribution in [3.63, 3.8) is 0 Å². The maximum Gasteiger partial charge on any atom is 0.215 e. The maximum absolute atomic E-state index is 11.7. The SMILES string of the molecule is Cc1ccccc1CS(=O)(=O)NCC(C)C. The molecule has 0 bridgehead atoms. The van der Waals surface area contributed by atoms with Crippen LogP contribution >= 0.6 is 0 Å². The van der Waals surface area contributed by atoms with Crippen LogP contribution < -0.4 is 4.72 Å². The standard InChI is InChI=1S/C12H19NO2S/c1-10(2)8-13-16(14,15)9-12-7-5-4-6-11(12)3/h4-7,10,13H,8-9H2,1-3H3. The van der Waals surface area contributed by atoms with Gasteiger partial charge in [0.25, 0.3) is 0 Å². The topological polar surface area (TPSA) is 46.2 Å². The maximum atomic E-state index is 11.7. The van der Waals surface area contributed by atoms with Crippen LogP contribution in [0, 0.1) is 12.8 Å². The summed E-state index contributed by atoms with van der Waals surface area (Å²) in [5, 5.41) is 0. The van der Waals surface area contributed by atoms with Gasteiger partial charge < -0.3 is 0 Å². The number of hydrogen-bond acceptors (Lipinski definition) is 2. The lowest BCUT2D eigenvalue weighted by Crippen LogP contribution is -2.28. The van der Waals surface area contributed by atoms with Crippen molar-refractivity contribution < 1.29 is 8.42 Å². The summed E-state index contributed by atoms with van der Waals surface area (Å²) in [6.45, 7) is 6.38. The summed E-state index contributed by atoms with van der Waals surface area (Å²) in [5.74, 6) is 0.387. The Hall–Kier alpha value is -0.870. The molecule has 3 nitrogen and oxygen atoms in total. The van der Waals surface area contributed by atoms with E-state index in [1.165, 1.54) is 0 Å². The highest BCUT2D eigenvalue weighted by molar-refractivity contribution is 7.88. The Labute approximate surface area is 97.9 Å². The van der Waals surface area contributed by atoms with Crippen LogP contribution in [0.3, 0.4) is 0 Å². The largest absolute Gasteiger partial charge is 0.215 e. The summed E-state index contributed by atoms with van der Waals surface area (Å²) in [5.41, 5.74) is 1.87. The van der Waals surface area contributed by atoms with Crippen molar-refractivity contribution in [2.75, 3.05) is 6.54 Å². The highest BCUT2D eigenvalue weighted by atomic mass is 32.2. The van der Waals surface area contributed by atoms with Gasteiger partial charge >= 0.3 is 0 Å². The van der Waals surface area contributed by atoms with Crippen molar-refractivity contribution in [3.05, 3.63) is 35.4 Å². The van der Waals surface area contributed by atoms with Crippen LogP contribution in [-0.4, -0.2) is 15.0 Å². The summed E-state index contributed by atoms with van der Waals surface area (Å²) in [7, 11) is -3.20. The van der Waals surface area contributed by atoms with E-state index in [0.717, 1.165) is 11.1 Å². The van der Waals surface area contributed by atoms with Gasteiger partial charge in [0, 0.05) is 6.54 Å². The molecule has 0 saturated carbocycles. The van der Waals surface area contributed by atoms with Crippen molar-refractivity contribution >= 4 is 10.0 Å². The molecule has 0 aromatic heterocycles. The molecule has 1 rings (SSSR count). The minimum atomic E-state index is -3.20. The van der Waals surface area contributed by atoms with Gasteiger partial charge in [0.15, 0.2) is 0 Å². The Balaban J connectivity index is 2.70. The molecule has 0 unspecified atom stereocenters. The molecular weight excluding hydrogens is 222 g/mol. The predicted molar refractivity (Wildman–Crippen MR) is 66.6 cm³/mol. The molecule has 0 fully saturated rings. The Kier molecular flexibility index (Phi) is 4.50. The second-order valence-corrected chi connectivity index (χ2v) is 6.23. The fourth-order valence-electron chi connectivity index (χ4n) is 1.32. The molecule has 0 spiro atoms. The second-order valence-electron chi connectivity index (χ2n) is 4.43. The lowest BCUT2D eigenvalue weighted by molar-refractivity contribution is 0.559. The summed E-state index contributed by atoms with van der Waals surface area (Å²) in [6.07, 6.45) is 0. The Morgan fingerprint density at radius 1 is 1.25 bits per heavy atom. The molecule has 1 aromatic carbocycles. The average Bonchev–Trinajstić information content (AvgIpc) is 2.19. The molecule has 1 aromatic rings. The molecule has 0 aliphatic carbocycles. The van der Waals surface area contributed by atoms with Crippen molar-refractivity contribution in [1.29, 1.82) is 0 Å². The van der Waals surface area contributed by atoms with Gasteiger partial charge in [-0.1, -0.05) is 38.1 Å². The molecule has 0 saturated heterocycles. The molecule has 4 heteroatoms. The molecule has 0 amide bonds. The first-order valence-electron chi connectivity index (χ1n) is 5.42. The first-order valence-corrected chi connectivity index (χ1v) is 7.08. The average molecular weight is 241 g/mol. The van der Waals surface area contributed by atoms with E-state index in [2.05, 4.69) is 4.72 Å². The normalized spacial score (nSPS) is 12.0. The van der Waals surface area contributed by atoms with Crippen LogP contribution in [0.2, 0.25) is 0 Å². The number of nitrogens with one attached hydrogen (secondary N) is 1. The molecule has 1 N–H and O–H groups in total. The van der Waals surface area contributed by atoms with Crippen LogP contribution in [0.25, 0.3) is 0 Å². The second kappa shape index (κ2) is 5.46. The molecule has 0 radical (unpaired) electrons. The fourth-order valence-corrected chi connectivity index (χ4v) is 2.74. The minimum absolute atomic E-state index is 0.0619. The number of rotatable bonds is 5. The van der Waals surface area contributed by atoms with Gasteiger partial charge in [0.1, 0.15) is 0 Å². The monoisotopic (exact) mass is 241 g/mol. The Morgan fingerprint density at radius 3 is 2.44 bits per heavy atom. The quantitative estimate of drug-likeness (QED) is 0.857. The zero-order chi connectivity index (χ0) is 12.2. The third kappa shape index (κ3) is 4.33. The molecule has 16 heavy (non-hydrogen) atoms. The van der Waals surface area contributed by atoms with E-state index in [1.807, 2.05) is 45.0 Å². The zero-order valence-corrected chi connectivity index (χ0v) is 10.8. The third-order valence-corrected chi connectivity index (χ3v) is 3.62. The highest BCUT2D eigenvalue weighted by Crippen LogP contribution is 2.10. The van der Waals surface area contributed by atoms with Crippen LogP contribution in [0.15, 0.2) is 24.3 Å². The molecule has 0 aliphatic heterocycles. The van der Waals surface area contributed by atoms with Crippen LogP contribution in [0.5, 0.6) is 0 Å². The lowest BCUT2D eigenvalue weighted by atomic mass is 10.1. The zero-order valence-electron chi connectivity index (χ0n) is 10.0. The van der Waals surface area contributed by atoms with Crippen molar-refractivity contribution in [3.8, 4) is 0 Å². The summed E-state index contributed by atoms with van der Waals surface area (Å²) < 4.78 is 26.1. The summed E-state index contributed by atoms with van der Waals surface area (Å²) in [6, 6.07) is 7.55. The van der Waals surface area contributed by atoms with E-state index >= 15 is 0 Å². The number of hydrogen-bond donors (Lipinski definition) is 1. The van der Waals surface area contributed by atoms with Gasteiger partial charge in [0.05, 0.1) is 5.75 Å². The number of sulfonamides is 1. The van der Waals surface area contributed by atoms with Gasteiger partial charge in [-0.15, -0.1) is 0 Å². The van der Waals surface area contributed by atoms with E-state index in [1.54, 1.807) is 0 Å². The van der Waals surface area contributed by atoms with Crippen LogP contribution in [0.1, 0.15) is 25.0 Å². The van der Waals surface area contributed by atoms with Gasteiger partial charge in [-0.3, -0.25) is 0 Å². The van der Waals surface area contributed by atoms with E-state index in [9.17, 15) is 8.42 Å². The van der Waals surface area contributed by atoms with E-state index < -0.39 is 10.0 Å². The number of benzene rings is 1. The van der Waals surface area contributed by atoms with Crippen molar-refractivity contribution in [2.45, 2.75) is 26.5 Å². The van der Waals surface area contributed by atoms with Gasteiger partial charge in [-0.05, 0) is 24.0 Å². The van der Waals surface area contributed by atoms with E-state index in [0.29, 0.717) is 12.5 Å². The Bertz CT molecular complexity index is 438. The summed E-state index contributed by atoms with van der Waals surface area (Å²) in [4.78, 5) is 0. The van der Waals surface area contributed by atoms with Gasteiger partial charge in [-0.2, -0.15) is 0 Å². The van der Waals surface area contributed by atoms with E-state index in [4.69, 9.17) is 0 Å². The Morgan fingerprint density at radius 2 is 1.88 bits per heavy atom. The van der Waals surface area contributed by atoms with Crippen molar-refractivity contribution in [1.82, 2.24) is 4.72 Å².